The molecular weight excluding hydrogens is 314 g/mol. The molecule has 5 nitrogen and oxygen atoms in total. The Labute approximate surface area is 146 Å². The van der Waals surface area contributed by atoms with Gasteiger partial charge in [0.05, 0.1) is 18.5 Å². The van der Waals surface area contributed by atoms with E-state index in [1.165, 1.54) is 24.8 Å². The summed E-state index contributed by atoms with van der Waals surface area (Å²) in [4.78, 5) is 4.49. The average molecular weight is 335 g/mol. The van der Waals surface area contributed by atoms with Crippen LogP contribution in [0.4, 0.5) is 0 Å². The number of imidazole rings is 1. The second kappa shape index (κ2) is 6.06. The van der Waals surface area contributed by atoms with E-state index in [-0.39, 0.29) is 0 Å². The second-order valence-electron chi connectivity index (χ2n) is 6.88. The van der Waals surface area contributed by atoms with Crippen LogP contribution in [0.25, 0.3) is 16.9 Å². The lowest BCUT2D eigenvalue weighted by Gasteiger charge is -2.22. The zero-order valence-corrected chi connectivity index (χ0v) is 14.1. The number of fused-ring (bicyclic) bond motifs is 2. The lowest BCUT2D eigenvalue weighted by Crippen LogP contribution is -2.20. The Morgan fingerprint density at radius 3 is 2.92 bits per heavy atom. The molecule has 0 spiro atoms. The number of aromatic nitrogens is 3. The summed E-state index contributed by atoms with van der Waals surface area (Å²) in [6, 6.07) is 10.2. The molecule has 128 valence electrons. The molecule has 0 saturated heterocycles. The molecule has 1 aliphatic carbocycles. The van der Waals surface area contributed by atoms with Crippen molar-refractivity contribution in [3.05, 3.63) is 42.1 Å². The van der Waals surface area contributed by atoms with Crippen molar-refractivity contribution in [1.29, 1.82) is 0 Å². The van der Waals surface area contributed by atoms with Gasteiger partial charge in [0, 0.05) is 18.1 Å². The Hall–Kier alpha value is -2.56. The minimum absolute atomic E-state index is 0.294. The molecule has 2 aromatic heterocycles. The monoisotopic (exact) mass is 335 g/mol. The fraction of sp³-hybridized carbons (Fsp3) is 0.400. The Balaban J connectivity index is 1.49. The summed E-state index contributed by atoms with van der Waals surface area (Å²) < 4.78 is 13.6. The van der Waals surface area contributed by atoms with Crippen LogP contribution in [0.2, 0.25) is 0 Å². The van der Waals surface area contributed by atoms with Gasteiger partial charge in [-0.3, -0.25) is 0 Å². The van der Waals surface area contributed by atoms with Crippen LogP contribution in [0.5, 0.6) is 11.6 Å². The summed E-state index contributed by atoms with van der Waals surface area (Å²) in [7, 11) is 0. The highest BCUT2D eigenvalue weighted by Gasteiger charge is 2.17. The molecule has 1 aliphatic heterocycles. The number of rotatable bonds is 3. The van der Waals surface area contributed by atoms with E-state index in [4.69, 9.17) is 14.6 Å². The molecule has 1 fully saturated rings. The molecule has 0 N–H and O–H groups in total. The van der Waals surface area contributed by atoms with Gasteiger partial charge in [-0.15, -0.1) is 5.10 Å². The molecule has 1 saturated carbocycles. The molecule has 5 rings (SSSR count). The van der Waals surface area contributed by atoms with Crippen molar-refractivity contribution >= 4 is 5.65 Å². The summed E-state index contributed by atoms with van der Waals surface area (Å²) in [6.45, 7) is 0.767. The quantitative estimate of drug-likeness (QED) is 0.725. The summed E-state index contributed by atoms with van der Waals surface area (Å²) >= 11 is 0. The highest BCUT2D eigenvalue weighted by atomic mass is 16.5. The number of hydrogen-bond donors (Lipinski definition) is 0. The van der Waals surface area contributed by atoms with Gasteiger partial charge < -0.3 is 9.47 Å². The smallest absolute Gasteiger partial charge is 0.232 e. The van der Waals surface area contributed by atoms with Crippen LogP contribution in [0, 0.1) is 0 Å². The van der Waals surface area contributed by atoms with Gasteiger partial charge in [0.2, 0.25) is 5.88 Å². The number of hydrogen-bond acceptors (Lipinski definition) is 4. The van der Waals surface area contributed by atoms with Crippen LogP contribution in [-0.4, -0.2) is 27.3 Å². The Kier molecular flexibility index (Phi) is 3.58. The van der Waals surface area contributed by atoms with E-state index in [9.17, 15) is 0 Å². The highest BCUT2D eigenvalue weighted by molar-refractivity contribution is 5.65. The lowest BCUT2D eigenvalue weighted by atomic mass is 9.98. The van der Waals surface area contributed by atoms with E-state index in [1.54, 1.807) is 0 Å². The van der Waals surface area contributed by atoms with Crippen molar-refractivity contribution in [2.24, 2.45) is 0 Å². The van der Waals surface area contributed by atoms with Gasteiger partial charge in [-0.25, -0.2) is 9.50 Å². The molecule has 0 radical (unpaired) electrons. The van der Waals surface area contributed by atoms with Crippen molar-refractivity contribution in [2.45, 2.75) is 44.6 Å². The van der Waals surface area contributed by atoms with Crippen LogP contribution in [0.1, 0.15) is 37.7 Å². The summed E-state index contributed by atoms with van der Waals surface area (Å²) in [5.74, 6) is 1.68. The lowest BCUT2D eigenvalue weighted by molar-refractivity contribution is 0.147. The fourth-order valence-corrected chi connectivity index (χ4v) is 3.82. The first-order chi connectivity index (χ1) is 12.4. The third-order valence-electron chi connectivity index (χ3n) is 5.16. The Morgan fingerprint density at radius 2 is 2.00 bits per heavy atom. The summed E-state index contributed by atoms with van der Waals surface area (Å²) in [5, 5.41) is 4.70. The molecule has 1 aromatic carbocycles. The maximum absolute atomic E-state index is 6.12. The van der Waals surface area contributed by atoms with Gasteiger partial charge in [-0.2, -0.15) is 0 Å². The molecule has 5 heteroatoms. The summed E-state index contributed by atoms with van der Waals surface area (Å²) in [5.41, 5.74) is 4.18. The van der Waals surface area contributed by atoms with Gasteiger partial charge in [0.1, 0.15) is 11.9 Å². The van der Waals surface area contributed by atoms with Crippen LogP contribution >= 0.6 is 0 Å². The summed E-state index contributed by atoms with van der Waals surface area (Å²) in [6.07, 6.45) is 9.21. The zero-order valence-electron chi connectivity index (χ0n) is 14.1. The molecule has 3 heterocycles. The molecule has 25 heavy (non-hydrogen) atoms. The molecule has 0 unspecified atom stereocenters. The fourth-order valence-electron chi connectivity index (χ4n) is 3.82. The average Bonchev–Trinajstić information content (AvgIpc) is 3.28. The van der Waals surface area contributed by atoms with Crippen molar-refractivity contribution in [3.8, 4) is 22.9 Å². The minimum Gasteiger partial charge on any atom is -0.493 e. The van der Waals surface area contributed by atoms with E-state index >= 15 is 0 Å². The van der Waals surface area contributed by atoms with Crippen molar-refractivity contribution in [1.82, 2.24) is 14.6 Å². The third kappa shape index (κ3) is 2.73. The van der Waals surface area contributed by atoms with Gasteiger partial charge in [-0.1, -0.05) is 6.42 Å². The minimum atomic E-state index is 0.294. The highest BCUT2D eigenvalue weighted by Crippen LogP contribution is 2.31. The van der Waals surface area contributed by atoms with E-state index in [2.05, 4.69) is 17.1 Å². The molecule has 0 bridgehead atoms. The van der Waals surface area contributed by atoms with Gasteiger partial charge in [0.25, 0.3) is 0 Å². The number of nitrogens with zero attached hydrogens (tertiary/aromatic N) is 3. The van der Waals surface area contributed by atoms with E-state index < -0.39 is 0 Å². The first-order valence-electron chi connectivity index (χ1n) is 9.14. The van der Waals surface area contributed by atoms with Crippen LogP contribution in [0.15, 0.2) is 36.5 Å². The van der Waals surface area contributed by atoms with E-state index in [0.717, 1.165) is 48.5 Å². The Morgan fingerprint density at radius 1 is 1.08 bits per heavy atom. The van der Waals surface area contributed by atoms with Gasteiger partial charge >= 0.3 is 0 Å². The molecule has 0 atom stereocenters. The first kappa shape index (κ1) is 14.8. The van der Waals surface area contributed by atoms with Crippen molar-refractivity contribution < 1.29 is 9.47 Å². The standard InChI is InChI=1S/C20H21N3O2/c1-2-4-16(5-3-1)25-20-9-8-19-21-13-17(23(19)22-20)14-6-7-18-15(12-14)10-11-24-18/h6-9,12-13,16H,1-5,10-11H2. The normalized spacial score (nSPS) is 17.4. The van der Waals surface area contributed by atoms with E-state index in [1.807, 2.05) is 28.9 Å². The molecule has 0 amide bonds. The first-order valence-corrected chi connectivity index (χ1v) is 9.14. The van der Waals surface area contributed by atoms with E-state index in [0.29, 0.717) is 12.0 Å². The van der Waals surface area contributed by atoms with Crippen molar-refractivity contribution in [2.75, 3.05) is 6.61 Å². The maximum atomic E-state index is 6.12. The Bertz CT molecular complexity index is 912. The SMILES string of the molecule is c1cc2c(cc1-c1cnc3ccc(OC4CCCCC4)nn13)CCO2. The van der Waals surface area contributed by atoms with Gasteiger partial charge in [-0.05, 0) is 55.5 Å². The topological polar surface area (TPSA) is 48.7 Å². The van der Waals surface area contributed by atoms with Gasteiger partial charge in [0.15, 0.2) is 5.65 Å². The second-order valence-corrected chi connectivity index (χ2v) is 6.88. The number of benzene rings is 1. The predicted octanol–water partition coefficient (Wildman–Crippen LogP) is 4.04. The van der Waals surface area contributed by atoms with Crippen LogP contribution in [-0.2, 0) is 6.42 Å². The predicted molar refractivity (Wildman–Crippen MR) is 95.1 cm³/mol. The maximum Gasteiger partial charge on any atom is 0.232 e. The van der Waals surface area contributed by atoms with Crippen LogP contribution in [0.3, 0.4) is 0 Å². The molecule has 3 aromatic rings. The third-order valence-corrected chi connectivity index (χ3v) is 5.16. The number of ether oxygens (including phenoxy) is 2. The van der Waals surface area contributed by atoms with Crippen molar-refractivity contribution in [3.63, 3.8) is 0 Å². The zero-order chi connectivity index (χ0) is 16.6. The molecular formula is C20H21N3O2. The largest absolute Gasteiger partial charge is 0.493 e. The van der Waals surface area contributed by atoms with Crippen LogP contribution < -0.4 is 9.47 Å². The molecule has 2 aliphatic rings.